The molecule has 0 bridgehead atoms. The first kappa shape index (κ1) is 24.3. The highest BCUT2D eigenvalue weighted by atomic mass is 16.5. The van der Waals surface area contributed by atoms with Crippen LogP contribution in [0.15, 0.2) is 103 Å². The lowest BCUT2D eigenvalue weighted by Gasteiger charge is -2.11. The molecule has 0 heterocycles. The van der Waals surface area contributed by atoms with E-state index in [1.54, 1.807) is 31.4 Å². The lowest BCUT2D eigenvalue weighted by atomic mass is 10.0. The van der Waals surface area contributed by atoms with Gasteiger partial charge in [-0.2, -0.15) is 0 Å². The molecule has 2 amide bonds. The molecule has 0 saturated carbocycles. The van der Waals surface area contributed by atoms with Crippen LogP contribution in [0, 0.1) is 0 Å². The van der Waals surface area contributed by atoms with Crippen LogP contribution in [-0.4, -0.2) is 18.9 Å². The maximum atomic E-state index is 13.2. The molecule has 0 atom stereocenters. The summed E-state index contributed by atoms with van der Waals surface area (Å²) in [7, 11) is 1.62. The van der Waals surface area contributed by atoms with Crippen LogP contribution in [0.25, 0.3) is 11.6 Å². The summed E-state index contributed by atoms with van der Waals surface area (Å²) in [6.07, 6.45) is 1.85. The summed E-state index contributed by atoms with van der Waals surface area (Å²) >= 11 is 0. The van der Waals surface area contributed by atoms with Crippen molar-refractivity contribution in [1.29, 1.82) is 0 Å². The summed E-state index contributed by atoms with van der Waals surface area (Å²) in [6.45, 7) is 0.319. The molecule has 6 heteroatoms. The molecular weight excluding hydrogens is 450 g/mol. The molecule has 0 fully saturated rings. The smallest absolute Gasteiger partial charge is 0.255 e. The van der Waals surface area contributed by atoms with Gasteiger partial charge in [0.05, 0.1) is 18.5 Å². The second-order valence-electron chi connectivity index (χ2n) is 8.12. The molecule has 0 spiro atoms. The van der Waals surface area contributed by atoms with Crippen molar-refractivity contribution in [3.8, 4) is 5.75 Å². The standard InChI is InChI=1S/C30H27N3O3/c1-36-25-17-13-21(14-18-25)19-26(23-7-3-2-4-8-23)30(35)32-20-22-11-15-24(16-12-22)29(34)33-28-10-6-5-9-27(28)31/h2-19H,20,31H2,1H3,(H,32,35)(H,33,34). The molecule has 4 rings (SSSR count). The van der Waals surface area contributed by atoms with Crippen LogP contribution in [0.5, 0.6) is 5.75 Å². The fourth-order valence-corrected chi connectivity index (χ4v) is 3.62. The minimum absolute atomic E-state index is 0.196. The molecule has 4 N–H and O–H groups in total. The summed E-state index contributed by atoms with van der Waals surface area (Å²) in [4.78, 5) is 25.7. The number of ether oxygens (including phenoxy) is 1. The van der Waals surface area contributed by atoms with E-state index < -0.39 is 0 Å². The summed E-state index contributed by atoms with van der Waals surface area (Å²) in [6, 6.07) is 31.2. The largest absolute Gasteiger partial charge is 0.497 e. The van der Waals surface area contributed by atoms with E-state index in [0.717, 1.165) is 22.4 Å². The zero-order valence-electron chi connectivity index (χ0n) is 19.9. The highest BCUT2D eigenvalue weighted by Crippen LogP contribution is 2.21. The van der Waals surface area contributed by atoms with Crippen LogP contribution >= 0.6 is 0 Å². The van der Waals surface area contributed by atoms with Crippen molar-refractivity contribution in [2.45, 2.75) is 6.54 Å². The van der Waals surface area contributed by atoms with Crippen molar-refractivity contribution < 1.29 is 14.3 Å². The zero-order valence-corrected chi connectivity index (χ0v) is 19.9. The van der Waals surface area contributed by atoms with Crippen molar-refractivity contribution in [2.75, 3.05) is 18.2 Å². The average molecular weight is 478 g/mol. The second-order valence-corrected chi connectivity index (χ2v) is 8.12. The number of nitrogens with two attached hydrogens (primary N) is 1. The fourth-order valence-electron chi connectivity index (χ4n) is 3.62. The van der Waals surface area contributed by atoms with Gasteiger partial charge in [-0.1, -0.05) is 66.7 Å². The van der Waals surface area contributed by atoms with E-state index >= 15 is 0 Å². The molecule has 4 aromatic carbocycles. The van der Waals surface area contributed by atoms with Gasteiger partial charge < -0.3 is 21.1 Å². The minimum atomic E-state index is -0.253. The van der Waals surface area contributed by atoms with Crippen LogP contribution in [0.4, 0.5) is 11.4 Å². The summed E-state index contributed by atoms with van der Waals surface area (Å²) < 4.78 is 5.22. The van der Waals surface area contributed by atoms with Gasteiger partial charge in [-0.3, -0.25) is 9.59 Å². The molecular formula is C30H27N3O3. The van der Waals surface area contributed by atoms with E-state index in [9.17, 15) is 9.59 Å². The Hall–Kier alpha value is -4.84. The number of nitrogen functional groups attached to an aromatic ring is 1. The minimum Gasteiger partial charge on any atom is -0.497 e. The molecule has 6 nitrogen and oxygen atoms in total. The number of para-hydroxylation sites is 2. The Morgan fingerprint density at radius 3 is 2.14 bits per heavy atom. The number of carbonyl (C=O) groups is 2. The van der Waals surface area contributed by atoms with Crippen LogP contribution in [0.2, 0.25) is 0 Å². The Morgan fingerprint density at radius 2 is 1.47 bits per heavy atom. The Balaban J connectivity index is 1.44. The normalized spacial score (nSPS) is 11.0. The van der Waals surface area contributed by atoms with Crippen molar-refractivity contribution in [3.05, 3.63) is 125 Å². The highest BCUT2D eigenvalue weighted by molar-refractivity contribution is 6.24. The highest BCUT2D eigenvalue weighted by Gasteiger charge is 2.13. The molecule has 180 valence electrons. The maximum Gasteiger partial charge on any atom is 0.255 e. The number of anilines is 2. The quantitative estimate of drug-likeness (QED) is 0.180. The first-order valence-corrected chi connectivity index (χ1v) is 11.5. The van der Waals surface area contributed by atoms with Gasteiger partial charge in [0.1, 0.15) is 5.75 Å². The average Bonchev–Trinajstić information content (AvgIpc) is 2.92. The van der Waals surface area contributed by atoms with Crippen LogP contribution in [-0.2, 0) is 11.3 Å². The number of carbonyl (C=O) groups excluding carboxylic acids is 2. The Bertz CT molecular complexity index is 1360. The van der Waals surface area contributed by atoms with Gasteiger partial charge >= 0.3 is 0 Å². The first-order valence-electron chi connectivity index (χ1n) is 11.5. The van der Waals surface area contributed by atoms with Gasteiger partial charge in [-0.05, 0) is 59.2 Å². The third kappa shape index (κ3) is 6.18. The van der Waals surface area contributed by atoms with Gasteiger partial charge in [0.15, 0.2) is 0 Å². The van der Waals surface area contributed by atoms with Crippen LogP contribution in [0.1, 0.15) is 27.0 Å². The van der Waals surface area contributed by atoms with E-state index in [2.05, 4.69) is 10.6 Å². The zero-order chi connectivity index (χ0) is 25.3. The monoisotopic (exact) mass is 477 g/mol. The van der Waals surface area contributed by atoms with Gasteiger partial charge in [-0.15, -0.1) is 0 Å². The van der Waals surface area contributed by atoms with Crippen molar-refractivity contribution >= 4 is 34.8 Å². The van der Waals surface area contributed by atoms with E-state index in [1.807, 2.05) is 84.9 Å². The van der Waals surface area contributed by atoms with E-state index in [4.69, 9.17) is 10.5 Å². The Labute approximate surface area is 210 Å². The molecule has 0 unspecified atom stereocenters. The molecule has 36 heavy (non-hydrogen) atoms. The maximum absolute atomic E-state index is 13.2. The van der Waals surface area contributed by atoms with Crippen molar-refractivity contribution in [1.82, 2.24) is 5.32 Å². The predicted octanol–water partition coefficient (Wildman–Crippen LogP) is 5.39. The number of benzene rings is 4. The summed E-state index contributed by atoms with van der Waals surface area (Å²) in [5.41, 5.74) is 10.6. The lowest BCUT2D eigenvalue weighted by molar-refractivity contribution is -0.115. The summed E-state index contributed by atoms with van der Waals surface area (Å²) in [5, 5.41) is 5.80. The SMILES string of the molecule is COc1ccc(C=C(C(=O)NCc2ccc(C(=O)Nc3ccccc3N)cc2)c2ccccc2)cc1. The number of hydrogen-bond acceptors (Lipinski definition) is 4. The van der Waals surface area contributed by atoms with Crippen molar-refractivity contribution in [2.24, 2.45) is 0 Å². The topological polar surface area (TPSA) is 93.4 Å². The third-order valence-corrected chi connectivity index (χ3v) is 5.63. The summed E-state index contributed by atoms with van der Waals surface area (Å²) in [5.74, 6) is 0.304. The molecule has 0 aliphatic rings. The number of hydrogen-bond donors (Lipinski definition) is 3. The number of methoxy groups -OCH3 is 1. The molecule has 0 radical (unpaired) electrons. The van der Waals surface area contributed by atoms with Gasteiger partial charge in [0, 0.05) is 17.7 Å². The van der Waals surface area contributed by atoms with Crippen LogP contribution in [0.3, 0.4) is 0 Å². The number of nitrogens with one attached hydrogen (secondary N) is 2. The molecule has 0 aliphatic heterocycles. The van der Waals surface area contributed by atoms with E-state index in [-0.39, 0.29) is 11.8 Å². The van der Waals surface area contributed by atoms with E-state index in [1.165, 1.54) is 0 Å². The lowest BCUT2D eigenvalue weighted by Crippen LogP contribution is -2.24. The van der Waals surface area contributed by atoms with E-state index in [0.29, 0.717) is 29.1 Å². The number of rotatable bonds is 8. The van der Waals surface area contributed by atoms with Gasteiger partial charge in [0.25, 0.3) is 11.8 Å². The van der Waals surface area contributed by atoms with Gasteiger partial charge in [-0.25, -0.2) is 0 Å². The van der Waals surface area contributed by atoms with Gasteiger partial charge in [0.2, 0.25) is 0 Å². The van der Waals surface area contributed by atoms with Crippen LogP contribution < -0.4 is 21.1 Å². The second kappa shape index (κ2) is 11.5. The molecule has 0 saturated heterocycles. The predicted molar refractivity (Wildman–Crippen MR) is 144 cm³/mol. The molecule has 0 aromatic heterocycles. The first-order chi connectivity index (χ1) is 17.5. The fraction of sp³-hybridized carbons (Fsp3) is 0.0667. The molecule has 4 aromatic rings. The van der Waals surface area contributed by atoms with Crippen molar-refractivity contribution in [3.63, 3.8) is 0 Å². The third-order valence-electron chi connectivity index (χ3n) is 5.63. The molecule has 0 aliphatic carbocycles. The Kier molecular flexibility index (Phi) is 7.78. The Morgan fingerprint density at radius 1 is 0.806 bits per heavy atom. The number of amides is 2.